The molecule has 21 heavy (non-hydrogen) atoms. The van der Waals surface area contributed by atoms with Crippen LogP contribution in [0.15, 0.2) is 66.4 Å². The highest BCUT2D eigenvalue weighted by molar-refractivity contribution is 5.26. The first kappa shape index (κ1) is 13.7. The maximum atomic E-state index is 9.27. The number of phenolic OH excluding ortho intramolecular Hbond substituents is 1. The predicted octanol–water partition coefficient (Wildman–Crippen LogP) is 3.35. The van der Waals surface area contributed by atoms with Gasteiger partial charge in [-0.05, 0) is 42.2 Å². The third kappa shape index (κ3) is 3.86. The largest absolute Gasteiger partial charge is 0.508 e. The monoisotopic (exact) mass is 281 g/mol. The van der Waals surface area contributed by atoms with Gasteiger partial charge in [-0.1, -0.05) is 42.5 Å². The van der Waals surface area contributed by atoms with Gasteiger partial charge in [0.25, 0.3) is 0 Å². The van der Waals surface area contributed by atoms with E-state index in [2.05, 4.69) is 23.7 Å². The van der Waals surface area contributed by atoms with E-state index in [0.29, 0.717) is 5.75 Å². The van der Waals surface area contributed by atoms with Gasteiger partial charge in [0, 0.05) is 12.1 Å². The number of allylic oxidation sites excluding steroid dienone is 1. The first-order chi connectivity index (χ1) is 10.3. The van der Waals surface area contributed by atoms with Crippen molar-refractivity contribution < 1.29 is 9.94 Å². The van der Waals surface area contributed by atoms with Crippen molar-refractivity contribution in [3.8, 4) is 5.75 Å². The molecule has 2 aromatic carbocycles. The second kappa shape index (κ2) is 6.46. The van der Waals surface area contributed by atoms with Crippen LogP contribution in [0.25, 0.3) is 0 Å². The molecule has 0 radical (unpaired) electrons. The number of phenols is 1. The van der Waals surface area contributed by atoms with Crippen molar-refractivity contribution in [1.82, 2.24) is 5.48 Å². The predicted molar refractivity (Wildman–Crippen MR) is 82.7 cm³/mol. The fourth-order valence-electron chi connectivity index (χ4n) is 2.47. The quantitative estimate of drug-likeness (QED) is 0.883. The Kier molecular flexibility index (Phi) is 4.22. The van der Waals surface area contributed by atoms with Gasteiger partial charge >= 0.3 is 0 Å². The van der Waals surface area contributed by atoms with Gasteiger partial charge in [0.05, 0.1) is 0 Å². The normalized spacial score (nSPS) is 17.3. The fraction of sp³-hybridized carbons (Fsp3) is 0.222. The Hall–Kier alpha value is -2.26. The molecule has 0 spiro atoms. The van der Waals surface area contributed by atoms with E-state index in [-0.39, 0.29) is 6.10 Å². The van der Waals surface area contributed by atoms with Crippen LogP contribution < -0.4 is 5.48 Å². The lowest BCUT2D eigenvalue weighted by atomic mass is 10.1. The van der Waals surface area contributed by atoms with E-state index in [1.165, 1.54) is 11.1 Å². The molecule has 3 nitrogen and oxygen atoms in total. The van der Waals surface area contributed by atoms with Crippen LogP contribution in [0, 0.1) is 0 Å². The summed E-state index contributed by atoms with van der Waals surface area (Å²) in [6.07, 6.45) is 4.99. The van der Waals surface area contributed by atoms with E-state index in [1.807, 2.05) is 30.3 Å². The molecular formula is C18H19NO2. The van der Waals surface area contributed by atoms with Crippen molar-refractivity contribution in [2.45, 2.75) is 25.4 Å². The maximum absolute atomic E-state index is 9.27. The number of aryl methyl sites for hydroxylation is 1. The minimum atomic E-state index is 0.0993. The van der Waals surface area contributed by atoms with Crippen LogP contribution >= 0.6 is 0 Å². The topological polar surface area (TPSA) is 41.5 Å². The number of nitrogens with one attached hydrogen (secondary N) is 1. The summed E-state index contributed by atoms with van der Waals surface area (Å²) in [7, 11) is 0. The summed E-state index contributed by atoms with van der Waals surface area (Å²) in [5.41, 5.74) is 6.64. The van der Waals surface area contributed by atoms with Crippen LogP contribution in [-0.4, -0.2) is 11.2 Å². The molecule has 0 fully saturated rings. The Labute approximate surface area is 124 Å². The first-order valence-corrected chi connectivity index (χ1v) is 7.24. The molecule has 0 amide bonds. The van der Waals surface area contributed by atoms with E-state index in [0.717, 1.165) is 25.0 Å². The summed E-state index contributed by atoms with van der Waals surface area (Å²) in [6.45, 7) is 0. The molecule has 0 saturated heterocycles. The molecule has 108 valence electrons. The summed E-state index contributed by atoms with van der Waals surface area (Å²) in [5, 5.41) is 9.27. The molecule has 2 N–H and O–H groups in total. The number of hydrogen-bond acceptors (Lipinski definition) is 3. The molecule has 0 aliphatic carbocycles. The minimum absolute atomic E-state index is 0.0993. The molecule has 3 heteroatoms. The van der Waals surface area contributed by atoms with Crippen molar-refractivity contribution in [2.24, 2.45) is 0 Å². The average molecular weight is 281 g/mol. The third-order valence-electron chi connectivity index (χ3n) is 3.63. The Morgan fingerprint density at radius 3 is 2.43 bits per heavy atom. The van der Waals surface area contributed by atoms with Crippen molar-refractivity contribution >= 4 is 0 Å². The van der Waals surface area contributed by atoms with Gasteiger partial charge in [-0.25, -0.2) is 0 Å². The number of hydroxylamine groups is 1. The molecule has 3 rings (SSSR count). The Morgan fingerprint density at radius 2 is 1.67 bits per heavy atom. The van der Waals surface area contributed by atoms with Crippen molar-refractivity contribution in [1.29, 1.82) is 0 Å². The minimum Gasteiger partial charge on any atom is -0.508 e. The maximum Gasteiger partial charge on any atom is 0.115 e. The SMILES string of the molecule is Oc1ccc(CCC2=CC(Cc3ccccc3)ON2)cc1. The van der Waals surface area contributed by atoms with Crippen LogP contribution in [0.1, 0.15) is 17.5 Å². The summed E-state index contributed by atoms with van der Waals surface area (Å²) >= 11 is 0. The molecular weight excluding hydrogens is 262 g/mol. The zero-order chi connectivity index (χ0) is 14.5. The van der Waals surface area contributed by atoms with E-state index >= 15 is 0 Å². The number of rotatable bonds is 5. The summed E-state index contributed by atoms with van der Waals surface area (Å²) in [6, 6.07) is 17.7. The van der Waals surface area contributed by atoms with Crippen molar-refractivity contribution in [2.75, 3.05) is 0 Å². The highest BCUT2D eigenvalue weighted by Crippen LogP contribution is 2.18. The highest BCUT2D eigenvalue weighted by atomic mass is 16.7. The zero-order valence-corrected chi connectivity index (χ0v) is 11.8. The number of aromatic hydroxyl groups is 1. The summed E-state index contributed by atoms with van der Waals surface area (Å²) < 4.78 is 0. The second-order valence-electron chi connectivity index (χ2n) is 5.31. The lowest BCUT2D eigenvalue weighted by Crippen LogP contribution is -2.14. The highest BCUT2D eigenvalue weighted by Gasteiger charge is 2.16. The van der Waals surface area contributed by atoms with Crippen LogP contribution in [-0.2, 0) is 17.7 Å². The smallest absolute Gasteiger partial charge is 0.115 e. The molecule has 1 aliphatic heterocycles. The van der Waals surface area contributed by atoms with Gasteiger partial charge in [0.2, 0.25) is 0 Å². The number of benzene rings is 2. The van der Waals surface area contributed by atoms with Gasteiger partial charge < -0.3 is 5.11 Å². The molecule has 1 atom stereocenters. The van der Waals surface area contributed by atoms with E-state index in [9.17, 15) is 5.11 Å². The van der Waals surface area contributed by atoms with Gasteiger partial charge in [0.15, 0.2) is 0 Å². The summed E-state index contributed by atoms with van der Waals surface area (Å²) in [5.74, 6) is 0.309. The molecule has 0 saturated carbocycles. The van der Waals surface area contributed by atoms with Gasteiger partial charge in [0.1, 0.15) is 11.9 Å². The van der Waals surface area contributed by atoms with Gasteiger partial charge in [-0.2, -0.15) is 0 Å². The zero-order valence-electron chi connectivity index (χ0n) is 11.8. The molecule has 1 aliphatic rings. The van der Waals surface area contributed by atoms with Crippen LogP contribution in [0.4, 0.5) is 0 Å². The Bertz CT molecular complexity index is 605. The Morgan fingerprint density at radius 1 is 0.905 bits per heavy atom. The lowest BCUT2D eigenvalue weighted by molar-refractivity contribution is 0.0418. The van der Waals surface area contributed by atoms with E-state index < -0.39 is 0 Å². The van der Waals surface area contributed by atoms with Crippen molar-refractivity contribution in [3.63, 3.8) is 0 Å². The molecule has 1 unspecified atom stereocenters. The lowest BCUT2D eigenvalue weighted by Gasteiger charge is -2.07. The molecule has 1 heterocycles. The average Bonchev–Trinajstić information content (AvgIpc) is 2.95. The van der Waals surface area contributed by atoms with Crippen LogP contribution in [0.5, 0.6) is 5.75 Å². The van der Waals surface area contributed by atoms with Gasteiger partial charge in [-0.15, -0.1) is 0 Å². The molecule has 0 aromatic heterocycles. The molecule has 2 aromatic rings. The molecule has 0 bridgehead atoms. The number of hydrogen-bond donors (Lipinski definition) is 2. The van der Waals surface area contributed by atoms with Crippen LogP contribution in [0.2, 0.25) is 0 Å². The van der Waals surface area contributed by atoms with Gasteiger partial charge in [-0.3, -0.25) is 10.3 Å². The van der Waals surface area contributed by atoms with Crippen molar-refractivity contribution in [3.05, 3.63) is 77.5 Å². The standard InChI is InChI=1S/C18H19NO2/c20-17-10-7-14(8-11-17)6-9-16-13-18(21-19-16)12-15-4-2-1-3-5-15/h1-5,7-8,10-11,13,18-20H,6,9,12H2. The Balaban J connectivity index is 1.53. The fourth-order valence-corrected chi connectivity index (χ4v) is 2.47. The van der Waals surface area contributed by atoms with E-state index in [1.54, 1.807) is 12.1 Å². The summed E-state index contributed by atoms with van der Waals surface area (Å²) in [4.78, 5) is 5.59. The van der Waals surface area contributed by atoms with E-state index in [4.69, 9.17) is 4.84 Å². The third-order valence-corrected chi connectivity index (χ3v) is 3.63. The first-order valence-electron chi connectivity index (χ1n) is 7.24. The second-order valence-corrected chi connectivity index (χ2v) is 5.31. The van der Waals surface area contributed by atoms with Crippen LogP contribution in [0.3, 0.4) is 0 Å².